The molecule has 3 aromatic rings. The molecule has 1 aliphatic heterocycles. The zero-order valence-corrected chi connectivity index (χ0v) is 12.8. The molecule has 0 saturated carbocycles. The van der Waals surface area contributed by atoms with Crippen LogP contribution in [0.1, 0.15) is 17.4 Å². The Balaban J connectivity index is 1.50. The van der Waals surface area contributed by atoms with E-state index in [1.54, 1.807) is 6.26 Å². The molecule has 0 aliphatic carbocycles. The van der Waals surface area contributed by atoms with Crippen molar-refractivity contribution in [2.45, 2.75) is 18.8 Å². The smallest absolute Gasteiger partial charge is 0.128 e. The summed E-state index contributed by atoms with van der Waals surface area (Å²) in [6, 6.07) is 24.8. The maximum absolute atomic E-state index is 6.15. The molecular weight excluding hydrogens is 286 g/mol. The van der Waals surface area contributed by atoms with E-state index in [0.29, 0.717) is 6.61 Å². The Morgan fingerprint density at radius 3 is 2.35 bits per heavy atom. The summed E-state index contributed by atoms with van der Waals surface area (Å²) in [6.45, 7) is 1.51. The van der Waals surface area contributed by atoms with E-state index in [1.807, 2.05) is 36.4 Å². The molecule has 2 heterocycles. The van der Waals surface area contributed by atoms with Gasteiger partial charge in [-0.15, -0.1) is 0 Å². The summed E-state index contributed by atoms with van der Waals surface area (Å²) in [6.07, 6.45) is 1.87. The number of furan rings is 1. The first-order chi connectivity index (χ1) is 11.4. The third kappa shape index (κ3) is 2.88. The summed E-state index contributed by atoms with van der Waals surface area (Å²) in [5, 5.41) is 0. The van der Waals surface area contributed by atoms with Crippen molar-refractivity contribution in [3.05, 3.63) is 90.4 Å². The Bertz CT molecular complexity index is 723. The number of hydrogen-bond acceptors (Lipinski definition) is 3. The number of nitrogens with zero attached hydrogens (tertiary/aromatic N) is 1. The van der Waals surface area contributed by atoms with Crippen LogP contribution < -0.4 is 4.90 Å². The molecule has 1 aliphatic rings. The summed E-state index contributed by atoms with van der Waals surface area (Å²) in [7, 11) is 0. The van der Waals surface area contributed by atoms with Crippen LogP contribution in [-0.4, -0.2) is 12.6 Å². The third-order valence-corrected chi connectivity index (χ3v) is 4.29. The summed E-state index contributed by atoms with van der Waals surface area (Å²) >= 11 is 0. The molecule has 2 aromatic carbocycles. The van der Waals surface area contributed by atoms with Gasteiger partial charge in [-0.1, -0.05) is 48.5 Å². The molecule has 116 valence electrons. The largest absolute Gasteiger partial charge is 0.467 e. The first-order valence-electron chi connectivity index (χ1n) is 7.92. The Hall–Kier alpha value is -2.52. The van der Waals surface area contributed by atoms with Gasteiger partial charge in [0.05, 0.1) is 12.9 Å². The van der Waals surface area contributed by atoms with Crippen LogP contribution in [0.4, 0.5) is 5.69 Å². The lowest BCUT2D eigenvalue weighted by molar-refractivity contribution is -0.0152. The van der Waals surface area contributed by atoms with E-state index in [9.17, 15) is 0 Å². The fourth-order valence-electron chi connectivity index (χ4n) is 3.07. The van der Waals surface area contributed by atoms with E-state index in [1.165, 1.54) is 11.3 Å². The van der Waals surface area contributed by atoms with Crippen molar-refractivity contribution in [1.82, 2.24) is 0 Å². The number of para-hydroxylation sites is 1. The molecule has 4 rings (SSSR count). The SMILES string of the molecule is c1ccc(CO[C@H]2CN(c3ccccc3)[C@@H]2c2ccco2)cc1. The Morgan fingerprint density at radius 1 is 0.913 bits per heavy atom. The molecule has 23 heavy (non-hydrogen) atoms. The van der Waals surface area contributed by atoms with Gasteiger partial charge in [0.1, 0.15) is 17.9 Å². The summed E-state index contributed by atoms with van der Waals surface area (Å²) in [4.78, 5) is 2.33. The molecule has 0 amide bonds. The molecular formula is C20H19NO2. The van der Waals surface area contributed by atoms with Crippen LogP contribution in [0.3, 0.4) is 0 Å². The average Bonchev–Trinajstić information content (AvgIpc) is 3.09. The van der Waals surface area contributed by atoms with Crippen LogP contribution in [0.2, 0.25) is 0 Å². The van der Waals surface area contributed by atoms with E-state index in [0.717, 1.165) is 12.3 Å². The summed E-state index contributed by atoms with van der Waals surface area (Å²) in [5.74, 6) is 0.957. The van der Waals surface area contributed by atoms with Crippen molar-refractivity contribution in [2.75, 3.05) is 11.4 Å². The molecule has 3 heteroatoms. The molecule has 1 aromatic heterocycles. The van der Waals surface area contributed by atoms with Crippen molar-refractivity contribution >= 4 is 5.69 Å². The zero-order chi connectivity index (χ0) is 15.5. The molecule has 0 spiro atoms. The molecule has 0 radical (unpaired) electrons. The molecule has 2 atom stereocenters. The number of ether oxygens (including phenoxy) is 1. The highest BCUT2D eigenvalue weighted by Crippen LogP contribution is 2.40. The Morgan fingerprint density at radius 2 is 1.65 bits per heavy atom. The van der Waals surface area contributed by atoms with Gasteiger partial charge in [0.2, 0.25) is 0 Å². The van der Waals surface area contributed by atoms with Crippen molar-refractivity contribution in [2.24, 2.45) is 0 Å². The van der Waals surface area contributed by atoms with E-state index >= 15 is 0 Å². The van der Waals surface area contributed by atoms with Crippen LogP contribution in [-0.2, 0) is 11.3 Å². The van der Waals surface area contributed by atoms with E-state index in [-0.39, 0.29) is 12.1 Å². The highest BCUT2D eigenvalue weighted by atomic mass is 16.5. The molecule has 0 N–H and O–H groups in total. The first-order valence-corrected chi connectivity index (χ1v) is 7.92. The predicted molar refractivity (Wildman–Crippen MR) is 90.3 cm³/mol. The van der Waals surface area contributed by atoms with Crippen molar-refractivity contribution in [3.63, 3.8) is 0 Å². The van der Waals surface area contributed by atoms with Crippen LogP contribution in [0.25, 0.3) is 0 Å². The molecule has 0 unspecified atom stereocenters. The lowest BCUT2D eigenvalue weighted by atomic mass is 9.95. The monoisotopic (exact) mass is 305 g/mol. The normalized spacial score (nSPS) is 20.3. The van der Waals surface area contributed by atoms with Crippen LogP contribution >= 0.6 is 0 Å². The van der Waals surface area contributed by atoms with Crippen molar-refractivity contribution in [3.8, 4) is 0 Å². The maximum atomic E-state index is 6.15. The molecule has 1 fully saturated rings. The first kappa shape index (κ1) is 14.1. The van der Waals surface area contributed by atoms with Crippen LogP contribution in [0.5, 0.6) is 0 Å². The van der Waals surface area contributed by atoms with Crippen LogP contribution in [0.15, 0.2) is 83.5 Å². The van der Waals surface area contributed by atoms with Gasteiger partial charge >= 0.3 is 0 Å². The lowest BCUT2D eigenvalue weighted by Crippen LogP contribution is -2.55. The highest BCUT2D eigenvalue weighted by molar-refractivity contribution is 5.52. The fourth-order valence-corrected chi connectivity index (χ4v) is 3.07. The Labute approximate surface area is 136 Å². The summed E-state index contributed by atoms with van der Waals surface area (Å²) in [5.41, 5.74) is 2.40. The second kappa shape index (κ2) is 6.31. The second-order valence-corrected chi connectivity index (χ2v) is 5.78. The van der Waals surface area contributed by atoms with Gasteiger partial charge in [0.25, 0.3) is 0 Å². The number of benzene rings is 2. The Kier molecular flexibility index (Phi) is 3.86. The minimum atomic E-state index is 0.135. The van der Waals surface area contributed by atoms with Gasteiger partial charge in [-0.25, -0.2) is 0 Å². The number of hydrogen-bond donors (Lipinski definition) is 0. The highest BCUT2D eigenvalue weighted by Gasteiger charge is 2.42. The van der Waals surface area contributed by atoms with Gasteiger partial charge in [-0.2, -0.15) is 0 Å². The number of rotatable bonds is 5. The quantitative estimate of drug-likeness (QED) is 0.697. The van der Waals surface area contributed by atoms with Crippen LogP contribution in [0, 0.1) is 0 Å². The van der Waals surface area contributed by atoms with E-state index in [4.69, 9.17) is 9.15 Å². The summed E-state index contributed by atoms with van der Waals surface area (Å²) < 4.78 is 11.8. The van der Waals surface area contributed by atoms with Gasteiger partial charge in [0, 0.05) is 12.2 Å². The lowest BCUT2D eigenvalue weighted by Gasteiger charge is -2.48. The third-order valence-electron chi connectivity index (χ3n) is 4.29. The van der Waals surface area contributed by atoms with Gasteiger partial charge in [-0.05, 0) is 29.8 Å². The minimum Gasteiger partial charge on any atom is -0.467 e. The van der Waals surface area contributed by atoms with E-state index in [2.05, 4.69) is 41.3 Å². The van der Waals surface area contributed by atoms with Crippen molar-refractivity contribution in [1.29, 1.82) is 0 Å². The fraction of sp³-hybridized carbons (Fsp3) is 0.200. The topological polar surface area (TPSA) is 25.6 Å². The molecule has 3 nitrogen and oxygen atoms in total. The molecule has 0 bridgehead atoms. The predicted octanol–water partition coefficient (Wildman–Crippen LogP) is 4.43. The van der Waals surface area contributed by atoms with Gasteiger partial charge in [0.15, 0.2) is 0 Å². The van der Waals surface area contributed by atoms with E-state index < -0.39 is 0 Å². The van der Waals surface area contributed by atoms with Gasteiger partial charge in [-0.3, -0.25) is 0 Å². The minimum absolute atomic E-state index is 0.135. The number of anilines is 1. The maximum Gasteiger partial charge on any atom is 0.128 e. The molecule has 1 saturated heterocycles. The zero-order valence-electron chi connectivity index (χ0n) is 12.8. The average molecular weight is 305 g/mol. The van der Waals surface area contributed by atoms with Crippen molar-refractivity contribution < 1.29 is 9.15 Å². The second-order valence-electron chi connectivity index (χ2n) is 5.78. The standard InChI is InChI=1S/C20H19NO2/c1-3-8-16(9-4-1)15-23-19-14-21(17-10-5-2-6-11-17)20(19)18-12-7-13-22-18/h1-13,19-20H,14-15H2/t19-,20+/m0/s1. The van der Waals surface area contributed by atoms with Gasteiger partial charge < -0.3 is 14.1 Å².